The number of hydrogen-bond donors (Lipinski definition) is 0. The number of halogens is 1. The van der Waals surface area contributed by atoms with E-state index in [0.29, 0.717) is 0 Å². The van der Waals surface area contributed by atoms with Crippen molar-refractivity contribution in [3.05, 3.63) is 77.8 Å². The Hall–Kier alpha value is -1.93. The molecule has 1 saturated heterocycles. The van der Waals surface area contributed by atoms with Gasteiger partial charge in [0.15, 0.2) is 5.66 Å². The highest BCUT2D eigenvalue weighted by atomic mass is 79.9. The average Bonchev–Trinajstić information content (AvgIpc) is 3.24. The molecule has 1 atom stereocenters. The quantitative estimate of drug-likeness (QED) is 0.640. The van der Waals surface area contributed by atoms with Crippen molar-refractivity contribution in [2.45, 2.75) is 12.6 Å². The van der Waals surface area contributed by atoms with Gasteiger partial charge in [0.1, 0.15) is 0 Å². The van der Waals surface area contributed by atoms with E-state index in [9.17, 15) is 0 Å². The highest BCUT2D eigenvalue weighted by Gasteiger charge is 2.48. The lowest BCUT2D eigenvalue weighted by molar-refractivity contribution is 0.158. The normalized spacial score (nSPS) is 20.6. The summed E-state index contributed by atoms with van der Waals surface area (Å²) in [4.78, 5) is 4.48. The van der Waals surface area contributed by atoms with E-state index >= 15 is 0 Å². The minimum Gasteiger partial charge on any atom is -0.226 e. The van der Waals surface area contributed by atoms with Crippen LogP contribution in [-0.2, 0) is 5.66 Å². The van der Waals surface area contributed by atoms with Gasteiger partial charge in [-0.15, -0.1) is 28.3 Å². The van der Waals surface area contributed by atoms with Crippen LogP contribution in [0.1, 0.15) is 12.5 Å². The predicted molar refractivity (Wildman–Crippen MR) is 108 cm³/mol. The monoisotopic (exact) mass is 416 g/mol. The lowest BCUT2D eigenvalue weighted by Gasteiger charge is -2.33. The van der Waals surface area contributed by atoms with Gasteiger partial charge in [-0.25, -0.2) is 4.98 Å². The van der Waals surface area contributed by atoms with Gasteiger partial charge in [-0.05, 0) is 24.6 Å². The molecule has 0 N–H and O–H groups in total. The highest BCUT2D eigenvalue weighted by molar-refractivity contribution is 8.93. The molecule has 1 unspecified atom stereocenters. The van der Waals surface area contributed by atoms with Crippen LogP contribution in [-0.4, -0.2) is 17.0 Å². The lowest BCUT2D eigenvalue weighted by atomic mass is 10.0. The molecule has 0 bridgehead atoms. The van der Waals surface area contributed by atoms with Gasteiger partial charge in [0.05, 0.1) is 5.69 Å². The van der Waals surface area contributed by atoms with Crippen LogP contribution in [0.3, 0.4) is 0 Å². The fraction of sp³-hybridized carbons (Fsp3) is 0.167. The standard InChI is InChI=1S/C18H18N5S.BrH/c1-18(15-9-5-3-6-10-15)20-22(16-11-7-4-8-12-16)23(21(18)2)17-19-13-14-24-17;/h3-14H,1-2H3;1H. The van der Waals surface area contributed by atoms with Crippen molar-refractivity contribution in [1.29, 1.82) is 0 Å². The first kappa shape index (κ1) is 17.9. The van der Waals surface area contributed by atoms with E-state index < -0.39 is 5.66 Å². The molecule has 1 aromatic heterocycles. The molecule has 1 fully saturated rings. The van der Waals surface area contributed by atoms with E-state index in [0.717, 1.165) is 16.4 Å². The van der Waals surface area contributed by atoms with Crippen LogP contribution in [0.4, 0.5) is 10.8 Å². The summed E-state index contributed by atoms with van der Waals surface area (Å²) in [5.41, 5.74) is 6.65. The van der Waals surface area contributed by atoms with Crippen LogP contribution < -0.4 is 15.7 Å². The molecule has 129 valence electrons. The molecule has 25 heavy (non-hydrogen) atoms. The summed E-state index contributed by atoms with van der Waals surface area (Å²) < 4.78 is 0. The molecule has 4 rings (SSSR count). The first-order valence-corrected chi connectivity index (χ1v) is 8.65. The van der Waals surface area contributed by atoms with Crippen LogP contribution in [0, 0.1) is 0 Å². The topological polar surface area (TPSA) is 36.7 Å². The molecular formula is C18H19BrN5S. The van der Waals surface area contributed by atoms with Gasteiger partial charge in [-0.2, -0.15) is 15.2 Å². The Bertz CT molecular complexity index is 799. The molecule has 0 aliphatic carbocycles. The smallest absolute Gasteiger partial charge is 0.221 e. The van der Waals surface area contributed by atoms with Gasteiger partial charge in [0.2, 0.25) is 5.13 Å². The number of rotatable bonds is 3. The van der Waals surface area contributed by atoms with E-state index in [4.69, 9.17) is 5.43 Å². The number of nitrogens with zero attached hydrogens (tertiary/aromatic N) is 5. The SMILES string of the molecule is Br.CN1N(c2nccs2)N(c2ccccc2)[N]C1(C)c1ccccc1. The summed E-state index contributed by atoms with van der Waals surface area (Å²) in [6.07, 6.45) is 1.81. The molecule has 5 nitrogen and oxygen atoms in total. The largest absolute Gasteiger partial charge is 0.226 e. The van der Waals surface area contributed by atoms with Crippen LogP contribution in [0.5, 0.6) is 0 Å². The van der Waals surface area contributed by atoms with Crippen molar-refractivity contribution < 1.29 is 0 Å². The Morgan fingerprint density at radius 1 is 0.960 bits per heavy atom. The van der Waals surface area contributed by atoms with Crippen LogP contribution in [0.25, 0.3) is 0 Å². The van der Waals surface area contributed by atoms with Crippen LogP contribution >= 0.6 is 28.3 Å². The first-order chi connectivity index (χ1) is 11.7. The molecule has 3 aromatic rings. The third kappa shape index (κ3) is 3.04. The Morgan fingerprint density at radius 2 is 1.60 bits per heavy atom. The third-order valence-electron chi connectivity index (χ3n) is 4.28. The van der Waals surface area contributed by atoms with Gasteiger partial charge in [0.25, 0.3) is 0 Å². The van der Waals surface area contributed by atoms with Crippen molar-refractivity contribution >= 4 is 39.1 Å². The minimum absolute atomic E-state index is 0. The molecule has 7 heteroatoms. The fourth-order valence-electron chi connectivity index (χ4n) is 2.85. The summed E-state index contributed by atoms with van der Waals surface area (Å²) >= 11 is 1.59. The predicted octanol–water partition coefficient (Wildman–Crippen LogP) is 4.20. The molecule has 1 aliphatic heterocycles. The van der Waals surface area contributed by atoms with Crippen LogP contribution in [0.2, 0.25) is 0 Å². The first-order valence-electron chi connectivity index (χ1n) is 7.77. The molecule has 1 aliphatic rings. The summed E-state index contributed by atoms with van der Waals surface area (Å²) in [6, 6.07) is 20.5. The Labute approximate surface area is 162 Å². The number of para-hydroxylation sites is 1. The second kappa shape index (κ2) is 7.13. The molecule has 2 aromatic carbocycles. The zero-order chi connectivity index (χ0) is 16.6. The zero-order valence-corrected chi connectivity index (χ0v) is 16.5. The number of thiazole rings is 1. The van der Waals surface area contributed by atoms with Crippen molar-refractivity contribution in [3.8, 4) is 0 Å². The van der Waals surface area contributed by atoms with Gasteiger partial charge < -0.3 is 0 Å². The van der Waals surface area contributed by atoms with E-state index in [-0.39, 0.29) is 17.0 Å². The van der Waals surface area contributed by atoms with E-state index in [1.807, 2.05) is 65.3 Å². The second-order valence-electron chi connectivity index (χ2n) is 5.74. The van der Waals surface area contributed by atoms with Gasteiger partial charge in [-0.1, -0.05) is 54.0 Å². The van der Waals surface area contributed by atoms with Crippen molar-refractivity contribution in [3.63, 3.8) is 0 Å². The molecule has 2 heterocycles. The van der Waals surface area contributed by atoms with Gasteiger partial charge in [-0.3, -0.25) is 0 Å². The second-order valence-corrected chi connectivity index (χ2v) is 6.61. The van der Waals surface area contributed by atoms with E-state index in [1.54, 1.807) is 11.3 Å². The van der Waals surface area contributed by atoms with Crippen LogP contribution in [0.15, 0.2) is 72.2 Å². The lowest BCUT2D eigenvalue weighted by Crippen LogP contribution is -2.46. The highest BCUT2D eigenvalue weighted by Crippen LogP contribution is 2.39. The number of anilines is 2. The third-order valence-corrected chi connectivity index (χ3v) is 5.02. The molecule has 1 radical (unpaired) electrons. The maximum Gasteiger partial charge on any atom is 0.221 e. The Morgan fingerprint density at radius 3 is 2.20 bits per heavy atom. The fourth-order valence-corrected chi connectivity index (χ4v) is 3.51. The molecular weight excluding hydrogens is 398 g/mol. The Kier molecular flexibility index (Phi) is 5.10. The average molecular weight is 417 g/mol. The number of aromatic nitrogens is 1. The maximum absolute atomic E-state index is 5.03. The Balaban J connectivity index is 0.00000182. The van der Waals surface area contributed by atoms with Crippen molar-refractivity contribution in [1.82, 2.24) is 15.4 Å². The summed E-state index contributed by atoms with van der Waals surface area (Å²) in [5.74, 6) is 0. The number of hydrogen-bond acceptors (Lipinski definition) is 5. The van der Waals surface area contributed by atoms with Gasteiger partial charge >= 0.3 is 0 Å². The summed E-state index contributed by atoms with van der Waals surface area (Å²) in [6.45, 7) is 2.12. The zero-order valence-electron chi connectivity index (χ0n) is 14.0. The van der Waals surface area contributed by atoms with Crippen molar-refractivity contribution in [2.24, 2.45) is 0 Å². The molecule has 0 amide bonds. The molecule has 0 saturated carbocycles. The molecule has 0 spiro atoms. The number of hydrazine groups is 2. The summed E-state index contributed by atoms with van der Waals surface area (Å²) in [5, 5.41) is 8.92. The van der Waals surface area contributed by atoms with E-state index in [2.05, 4.69) is 41.2 Å². The van der Waals surface area contributed by atoms with E-state index in [1.165, 1.54) is 0 Å². The minimum atomic E-state index is -0.511. The summed E-state index contributed by atoms with van der Waals surface area (Å²) in [7, 11) is 2.04. The number of benzene rings is 2. The van der Waals surface area contributed by atoms with Crippen molar-refractivity contribution in [2.75, 3.05) is 17.3 Å². The van der Waals surface area contributed by atoms with Gasteiger partial charge in [0, 0.05) is 18.6 Å². The maximum atomic E-state index is 5.03.